The number of aromatic nitrogens is 1. The van der Waals surface area contributed by atoms with Crippen molar-refractivity contribution in [2.45, 2.75) is 13.3 Å². The summed E-state index contributed by atoms with van der Waals surface area (Å²) >= 11 is 5.03. The SMILES string of the molecule is CCC(=S)Oc1c[nH]c2ccccc12. The molecule has 2 rings (SSSR count). The van der Waals surface area contributed by atoms with E-state index in [1.807, 2.05) is 37.4 Å². The van der Waals surface area contributed by atoms with Gasteiger partial charge in [-0.25, -0.2) is 0 Å². The first-order valence-electron chi connectivity index (χ1n) is 4.58. The zero-order valence-electron chi connectivity index (χ0n) is 7.91. The Labute approximate surface area is 87.9 Å². The first kappa shape index (κ1) is 9.21. The van der Waals surface area contributed by atoms with Gasteiger partial charge in [-0.3, -0.25) is 0 Å². The number of ether oxygens (including phenoxy) is 1. The van der Waals surface area contributed by atoms with Crippen LogP contribution >= 0.6 is 12.2 Å². The van der Waals surface area contributed by atoms with Gasteiger partial charge >= 0.3 is 0 Å². The highest BCUT2D eigenvalue weighted by Crippen LogP contribution is 2.25. The molecule has 0 atom stereocenters. The lowest BCUT2D eigenvalue weighted by atomic mass is 10.2. The Bertz CT molecular complexity index is 461. The summed E-state index contributed by atoms with van der Waals surface area (Å²) in [5.41, 5.74) is 1.07. The smallest absolute Gasteiger partial charge is 0.167 e. The van der Waals surface area contributed by atoms with E-state index in [1.54, 1.807) is 0 Å². The molecule has 2 nitrogen and oxygen atoms in total. The number of nitrogens with one attached hydrogen (secondary N) is 1. The molecular weight excluding hydrogens is 194 g/mol. The van der Waals surface area contributed by atoms with Crippen molar-refractivity contribution in [3.63, 3.8) is 0 Å². The van der Waals surface area contributed by atoms with Crippen molar-refractivity contribution in [1.29, 1.82) is 0 Å². The third kappa shape index (κ3) is 1.63. The largest absolute Gasteiger partial charge is 0.448 e. The summed E-state index contributed by atoms with van der Waals surface area (Å²) in [6.07, 6.45) is 2.60. The van der Waals surface area contributed by atoms with Crippen molar-refractivity contribution in [2.75, 3.05) is 0 Å². The van der Waals surface area contributed by atoms with Crippen LogP contribution in [0.15, 0.2) is 30.5 Å². The van der Waals surface area contributed by atoms with Crippen LogP contribution in [0.5, 0.6) is 5.75 Å². The lowest BCUT2D eigenvalue weighted by Gasteiger charge is -2.02. The van der Waals surface area contributed by atoms with Gasteiger partial charge in [-0.2, -0.15) is 0 Å². The van der Waals surface area contributed by atoms with Crippen LogP contribution in [0.1, 0.15) is 13.3 Å². The van der Waals surface area contributed by atoms with Gasteiger partial charge in [0, 0.05) is 23.5 Å². The molecule has 0 saturated heterocycles. The molecule has 0 aliphatic carbocycles. The molecule has 0 radical (unpaired) electrons. The minimum Gasteiger partial charge on any atom is -0.448 e. The summed E-state index contributed by atoms with van der Waals surface area (Å²) in [5, 5.41) is 1.69. The number of thiocarbonyl (C=S) groups is 1. The van der Waals surface area contributed by atoms with Crippen molar-refractivity contribution in [2.24, 2.45) is 0 Å². The fourth-order valence-electron chi connectivity index (χ4n) is 1.32. The van der Waals surface area contributed by atoms with Crippen LogP contribution in [0.4, 0.5) is 0 Å². The number of aromatic amines is 1. The van der Waals surface area contributed by atoms with E-state index in [0.717, 1.165) is 23.1 Å². The van der Waals surface area contributed by atoms with Crippen LogP contribution < -0.4 is 4.74 Å². The maximum atomic E-state index is 5.52. The van der Waals surface area contributed by atoms with E-state index in [0.29, 0.717) is 5.05 Å². The first-order valence-corrected chi connectivity index (χ1v) is 4.99. The summed E-state index contributed by atoms with van der Waals surface area (Å²) in [4.78, 5) is 3.13. The molecule has 0 fully saturated rings. The molecule has 0 unspecified atom stereocenters. The van der Waals surface area contributed by atoms with Crippen molar-refractivity contribution < 1.29 is 4.74 Å². The van der Waals surface area contributed by atoms with Gasteiger partial charge in [0.2, 0.25) is 0 Å². The van der Waals surface area contributed by atoms with Crippen molar-refractivity contribution in [3.05, 3.63) is 30.5 Å². The number of para-hydroxylation sites is 1. The molecule has 3 heteroatoms. The Kier molecular flexibility index (Phi) is 2.50. The van der Waals surface area contributed by atoms with Crippen molar-refractivity contribution in [1.82, 2.24) is 4.98 Å². The van der Waals surface area contributed by atoms with Crippen LogP contribution in [0.3, 0.4) is 0 Å². The zero-order chi connectivity index (χ0) is 9.97. The maximum Gasteiger partial charge on any atom is 0.167 e. The predicted octanol–water partition coefficient (Wildman–Crippen LogP) is 3.28. The third-order valence-corrected chi connectivity index (χ3v) is 2.44. The highest BCUT2D eigenvalue weighted by atomic mass is 32.1. The van der Waals surface area contributed by atoms with E-state index in [4.69, 9.17) is 17.0 Å². The molecule has 1 N–H and O–H groups in total. The van der Waals surface area contributed by atoms with Gasteiger partial charge in [-0.05, 0) is 24.4 Å². The van der Waals surface area contributed by atoms with Gasteiger partial charge in [0.1, 0.15) is 0 Å². The Morgan fingerprint density at radius 3 is 3.00 bits per heavy atom. The van der Waals surface area contributed by atoms with Crippen LogP contribution in [0.25, 0.3) is 10.9 Å². The number of hydrogen-bond acceptors (Lipinski definition) is 2. The quantitative estimate of drug-likeness (QED) is 0.761. The van der Waals surface area contributed by atoms with Gasteiger partial charge in [0.25, 0.3) is 0 Å². The Morgan fingerprint density at radius 2 is 2.21 bits per heavy atom. The fourth-order valence-corrected chi connectivity index (χ4v) is 1.41. The molecule has 0 saturated carbocycles. The highest BCUT2D eigenvalue weighted by Gasteiger charge is 2.04. The summed E-state index contributed by atoms with van der Waals surface area (Å²) in [6, 6.07) is 8.00. The van der Waals surface area contributed by atoms with Gasteiger partial charge in [-0.15, -0.1) is 0 Å². The molecule has 0 bridgehead atoms. The molecule has 72 valence electrons. The minimum absolute atomic E-state index is 0.620. The normalized spacial score (nSPS) is 10.4. The molecule has 0 aliphatic heterocycles. The molecule has 1 aromatic carbocycles. The third-order valence-electron chi connectivity index (χ3n) is 2.06. The number of hydrogen-bond donors (Lipinski definition) is 1. The van der Waals surface area contributed by atoms with Gasteiger partial charge in [-0.1, -0.05) is 19.1 Å². The molecule has 0 spiro atoms. The van der Waals surface area contributed by atoms with E-state index in [9.17, 15) is 0 Å². The average Bonchev–Trinajstić information content (AvgIpc) is 2.62. The Balaban J connectivity index is 2.38. The standard InChI is InChI=1S/C11H11NOS/c1-2-11(14)13-10-7-12-9-6-4-3-5-8(9)10/h3-7,12H,2H2,1H3. The van der Waals surface area contributed by atoms with E-state index in [2.05, 4.69) is 4.98 Å². The van der Waals surface area contributed by atoms with E-state index in [1.165, 1.54) is 0 Å². The molecule has 0 aliphatic rings. The second-order valence-corrected chi connectivity index (χ2v) is 3.48. The number of benzene rings is 1. The molecule has 14 heavy (non-hydrogen) atoms. The topological polar surface area (TPSA) is 25.0 Å². The maximum absolute atomic E-state index is 5.52. The molecular formula is C11H11NOS. The van der Waals surface area contributed by atoms with Crippen molar-refractivity contribution in [3.8, 4) is 5.75 Å². The second kappa shape index (κ2) is 3.80. The summed E-state index contributed by atoms with van der Waals surface area (Å²) in [7, 11) is 0. The van der Waals surface area contributed by atoms with Crippen LogP contribution in [0.2, 0.25) is 0 Å². The molecule has 1 heterocycles. The highest BCUT2D eigenvalue weighted by molar-refractivity contribution is 7.80. The lowest BCUT2D eigenvalue weighted by molar-refractivity contribution is 0.557. The fraction of sp³-hybridized carbons (Fsp3) is 0.182. The number of H-pyrrole nitrogens is 1. The molecule has 1 aromatic heterocycles. The van der Waals surface area contributed by atoms with Gasteiger partial charge < -0.3 is 9.72 Å². The Morgan fingerprint density at radius 1 is 1.43 bits per heavy atom. The Hall–Kier alpha value is -1.35. The first-order chi connectivity index (χ1) is 6.81. The van der Waals surface area contributed by atoms with E-state index >= 15 is 0 Å². The van der Waals surface area contributed by atoms with Crippen molar-refractivity contribution >= 4 is 28.2 Å². The monoisotopic (exact) mass is 205 g/mol. The van der Waals surface area contributed by atoms with Crippen LogP contribution in [0, 0.1) is 0 Å². The van der Waals surface area contributed by atoms with Gasteiger partial charge in [0.05, 0.1) is 0 Å². The summed E-state index contributed by atoms with van der Waals surface area (Å²) < 4.78 is 5.52. The number of rotatable bonds is 2. The molecule has 0 amide bonds. The van der Waals surface area contributed by atoms with Crippen LogP contribution in [-0.2, 0) is 0 Å². The molecule has 2 aromatic rings. The zero-order valence-corrected chi connectivity index (χ0v) is 8.73. The number of fused-ring (bicyclic) bond motifs is 1. The average molecular weight is 205 g/mol. The van der Waals surface area contributed by atoms with E-state index < -0.39 is 0 Å². The minimum atomic E-state index is 0.620. The summed E-state index contributed by atoms with van der Waals surface area (Å²) in [5.74, 6) is 0.812. The lowest BCUT2D eigenvalue weighted by Crippen LogP contribution is -2.01. The summed E-state index contributed by atoms with van der Waals surface area (Å²) in [6.45, 7) is 1.98. The van der Waals surface area contributed by atoms with Crippen LogP contribution in [-0.4, -0.2) is 10.0 Å². The second-order valence-electron chi connectivity index (χ2n) is 3.03. The predicted molar refractivity (Wildman–Crippen MR) is 61.8 cm³/mol. The van der Waals surface area contributed by atoms with Gasteiger partial charge in [0.15, 0.2) is 10.8 Å². The van der Waals surface area contributed by atoms with E-state index in [-0.39, 0.29) is 0 Å².